The molecule has 5 nitrogen and oxygen atoms in total. The highest BCUT2D eigenvalue weighted by Gasteiger charge is 2.45. The monoisotopic (exact) mass is 319 g/mol. The molecule has 6 heteroatoms. The Hall–Kier alpha value is -0.170. The minimum Gasteiger partial charge on any atom is -0.329 e. The van der Waals surface area contributed by atoms with Crippen molar-refractivity contribution in [2.45, 2.75) is 65.3 Å². The molecule has 0 aliphatic heterocycles. The van der Waals surface area contributed by atoms with E-state index in [4.69, 9.17) is 5.73 Å². The maximum absolute atomic E-state index is 12.9. The second kappa shape index (κ2) is 7.90. The molecule has 0 atom stereocenters. The molecule has 0 saturated heterocycles. The normalized spacial score (nSPS) is 27.5. The number of likely N-dealkylation sites (N-methyl/N-ethyl adjacent to an activating group) is 1. The summed E-state index contributed by atoms with van der Waals surface area (Å²) in [5.74, 6) is 0.722. The third kappa shape index (κ3) is 3.78. The average Bonchev–Trinajstić information content (AvgIpc) is 2.49. The molecule has 0 aromatic heterocycles. The van der Waals surface area contributed by atoms with E-state index in [-0.39, 0.29) is 5.54 Å². The highest BCUT2D eigenvalue weighted by Crippen LogP contribution is 2.39. The van der Waals surface area contributed by atoms with Crippen LogP contribution in [0.25, 0.3) is 0 Å². The largest absolute Gasteiger partial charge is 0.329 e. The van der Waals surface area contributed by atoms with Crippen LogP contribution in [0.3, 0.4) is 0 Å². The standard InChI is InChI=1S/C15H33N3O2S/c1-5-14-9-11-15(13-16,12-10-14)18(8-4)21(19,20)17(6-2)7-3/h14H,5-13,16H2,1-4H3. The van der Waals surface area contributed by atoms with E-state index in [0.29, 0.717) is 26.2 Å². The first kappa shape index (κ1) is 18.9. The summed E-state index contributed by atoms with van der Waals surface area (Å²) < 4.78 is 29.1. The Morgan fingerprint density at radius 2 is 1.57 bits per heavy atom. The molecule has 0 spiro atoms. The van der Waals surface area contributed by atoms with E-state index in [1.54, 1.807) is 8.61 Å². The molecule has 1 rings (SSSR count). The predicted octanol–water partition coefficient (Wildman–Crippen LogP) is 2.19. The Balaban J connectivity index is 3.06. The molecule has 0 unspecified atom stereocenters. The van der Waals surface area contributed by atoms with E-state index in [1.165, 1.54) is 6.42 Å². The minimum atomic E-state index is -3.42. The highest BCUT2D eigenvalue weighted by atomic mass is 32.2. The molecule has 0 radical (unpaired) electrons. The molecule has 1 saturated carbocycles. The van der Waals surface area contributed by atoms with Crippen LogP contribution in [-0.2, 0) is 10.2 Å². The van der Waals surface area contributed by atoms with Gasteiger partial charge in [-0.1, -0.05) is 34.1 Å². The first-order valence-corrected chi connectivity index (χ1v) is 9.79. The van der Waals surface area contributed by atoms with Gasteiger partial charge in [0.05, 0.1) is 0 Å². The maximum Gasteiger partial charge on any atom is 0.282 e. The fourth-order valence-electron chi connectivity index (χ4n) is 3.61. The summed E-state index contributed by atoms with van der Waals surface area (Å²) in [6, 6.07) is 0. The van der Waals surface area contributed by atoms with Crippen LogP contribution in [-0.4, -0.2) is 48.7 Å². The molecular weight excluding hydrogens is 286 g/mol. The van der Waals surface area contributed by atoms with Crippen molar-refractivity contribution >= 4 is 10.2 Å². The molecule has 1 fully saturated rings. The van der Waals surface area contributed by atoms with E-state index in [2.05, 4.69) is 6.92 Å². The number of nitrogens with zero attached hydrogens (tertiary/aromatic N) is 2. The molecule has 0 bridgehead atoms. The van der Waals surface area contributed by atoms with Gasteiger partial charge in [0.15, 0.2) is 0 Å². The zero-order chi connectivity index (χ0) is 16.1. The molecule has 0 amide bonds. The lowest BCUT2D eigenvalue weighted by Crippen LogP contribution is -2.60. The van der Waals surface area contributed by atoms with Gasteiger partial charge in [0.2, 0.25) is 0 Å². The Bertz CT molecular complexity index is 399. The summed E-state index contributed by atoms with van der Waals surface area (Å²) in [6.07, 6.45) is 5.11. The topological polar surface area (TPSA) is 66.6 Å². The van der Waals surface area contributed by atoms with Crippen molar-refractivity contribution in [1.29, 1.82) is 0 Å². The van der Waals surface area contributed by atoms with Gasteiger partial charge in [-0.25, -0.2) is 0 Å². The van der Waals surface area contributed by atoms with Gasteiger partial charge in [-0.15, -0.1) is 0 Å². The molecule has 1 aliphatic carbocycles. The van der Waals surface area contributed by atoms with E-state index in [0.717, 1.165) is 31.6 Å². The van der Waals surface area contributed by atoms with Crippen LogP contribution in [0.4, 0.5) is 0 Å². The van der Waals surface area contributed by atoms with E-state index >= 15 is 0 Å². The van der Waals surface area contributed by atoms with E-state index in [9.17, 15) is 8.42 Å². The zero-order valence-corrected chi connectivity index (χ0v) is 15.0. The smallest absolute Gasteiger partial charge is 0.282 e. The number of hydrogen-bond donors (Lipinski definition) is 1. The molecule has 0 aromatic rings. The number of rotatable bonds is 8. The summed E-state index contributed by atoms with van der Waals surface area (Å²) in [5.41, 5.74) is 5.67. The molecule has 0 heterocycles. The van der Waals surface area contributed by atoms with Crippen molar-refractivity contribution in [2.75, 3.05) is 26.2 Å². The fraction of sp³-hybridized carbons (Fsp3) is 1.00. The summed E-state index contributed by atoms with van der Waals surface area (Å²) in [6.45, 7) is 9.83. The van der Waals surface area contributed by atoms with Crippen molar-refractivity contribution < 1.29 is 8.42 Å². The van der Waals surface area contributed by atoms with Crippen LogP contribution >= 0.6 is 0 Å². The SMILES string of the molecule is CCC1CCC(CN)(N(CC)S(=O)(=O)N(CC)CC)CC1. The molecule has 1 aliphatic rings. The highest BCUT2D eigenvalue weighted by molar-refractivity contribution is 7.86. The molecular formula is C15H33N3O2S. The third-order valence-electron chi connectivity index (χ3n) is 5.12. The van der Waals surface area contributed by atoms with Gasteiger partial charge in [0.25, 0.3) is 10.2 Å². The average molecular weight is 320 g/mol. The predicted molar refractivity (Wildman–Crippen MR) is 88.3 cm³/mol. The first-order valence-electron chi connectivity index (χ1n) is 8.39. The van der Waals surface area contributed by atoms with Crippen LogP contribution < -0.4 is 5.73 Å². The van der Waals surface area contributed by atoms with Gasteiger partial charge < -0.3 is 5.73 Å². The van der Waals surface area contributed by atoms with Gasteiger partial charge in [-0.05, 0) is 31.6 Å². The van der Waals surface area contributed by atoms with E-state index < -0.39 is 10.2 Å². The molecule has 21 heavy (non-hydrogen) atoms. The van der Waals surface area contributed by atoms with Crippen LogP contribution in [0.5, 0.6) is 0 Å². The Kier molecular flexibility index (Phi) is 7.10. The van der Waals surface area contributed by atoms with Crippen LogP contribution in [0.15, 0.2) is 0 Å². The second-order valence-electron chi connectivity index (χ2n) is 6.04. The van der Waals surface area contributed by atoms with Crippen molar-refractivity contribution in [3.8, 4) is 0 Å². The first-order chi connectivity index (χ1) is 9.91. The lowest BCUT2D eigenvalue weighted by molar-refractivity contribution is 0.107. The van der Waals surface area contributed by atoms with Crippen molar-refractivity contribution in [3.05, 3.63) is 0 Å². The van der Waals surface area contributed by atoms with Gasteiger partial charge >= 0.3 is 0 Å². The lowest BCUT2D eigenvalue weighted by atomic mass is 9.75. The van der Waals surface area contributed by atoms with Crippen molar-refractivity contribution in [1.82, 2.24) is 8.61 Å². The Morgan fingerprint density at radius 3 is 1.90 bits per heavy atom. The second-order valence-corrected chi connectivity index (χ2v) is 7.89. The Labute approximate surface area is 131 Å². The summed E-state index contributed by atoms with van der Waals surface area (Å²) >= 11 is 0. The summed E-state index contributed by atoms with van der Waals surface area (Å²) in [7, 11) is -3.42. The lowest BCUT2D eigenvalue weighted by Gasteiger charge is -2.47. The number of hydrogen-bond acceptors (Lipinski definition) is 3. The Morgan fingerprint density at radius 1 is 1.05 bits per heavy atom. The number of nitrogens with two attached hydrogens (primary N) is 1. The molecule has 2 N–H and O–H groups in total. The van der Waals surface area contributed by atoms with Gasteiger partial charge in [-0.3, -0.25) is 0 Å². The van der Waals surface area contributed by atoms with Gasteiger partial charge in [0.1, 0.15) is 0 Å². The third-order valence-corrected chi connectivity index (χ3v) is 7.49. The van der Waals surface area contributed by atoms with Gasteiger partial charge in [-0.2, -0.15) is 17.0 Å². The van der Waals surface area contributed by atoms with E-state index in [1.807, 2.05) is 20.8 Å². The maximum atomic E-state index is 12.9. The van der Waals surface area contributed by atoms with Crippen LogP contribution in [0.1, 0.15) is 59.8 Å². The minimum absolute atomic E-state index is 0.387. The van der Waals surface area contributed by atoms with Gasteiger partial charge in [0, 0.05) is 31.7 Å². The zero-order valence-electron chi connectivity index (χ0n) is 14.1. The van der Waals surface area contributed by atoms with Crippen molar-refractivity contribution in [2.24, 2.45) is 11.7 Å². The van der Waals surface area contributed by atoms with Crippen molar-refractivity contribution in [3.63, 3.8) is 0 Å². The van der Waals surface area contributed by atoms with Crippen LogP contribution in [0.2, 0.25) is 0 Å². The molecule has 126 valence electrons. The molecule has 0 aromatic carbocycles. The summed E-state index contributed by atoms with van der Waals surface area (Å²) in [4.78, 5) is 0. The quantitative estimate of drug-likeness (QED) is 0.746. The fourth-order valence-corrected chi connectivity index (χ4v) is 5.62. The summed E-state index contributed by atoms with van der Waals surface area (Å²) in [5, 5.41) is 0. The van der Waals surface area contributed by atoms with Crippen LogP contribution in [0, 0.1) is 5.92 Å².